The minimum atomic E-state index is 0.164. The quantitative estimate of drug-likeness (QED) is 0.198. The molecule has 0 spiro atoms. The molecule has 0 bridgehead atoms. The summed E-state index contributed by atoms with van der Waals surface area (Å²) in [6, 6.07) is 50.8. The van der Waals surface area contributed by atoms with Gasteiger partial charge in [-0.15, -0.1) is 0 Å². The Morgan fingerprint density at radius 2 is 1.00 bits per heavy atom. The summed E-state index contributed by atoms with van der Waals surface area (Å²) in [5.74, 6) is 1.08. The summed E-state index contributed by atoms with van der Waals surface area (Å²) in [6.45, 7) is 0. The van der Waals surface area contributed by atoms with Gasteiger partial charge in [0.25, 0.3) is 0 Å². The van der Waals surface area contributed by atoms with E-state index in [1.165, 1.54) is 37.9 Å². The minimum Gasteiger partial charge on any atom is -0.208 e. The molecule has 43 heavy (non-hydrogen) atoms. The van der Waals surface area contributed by atoms with Crippen LogP contribution in [0, 0.1) is 0 Å². The zero-order valence-electron chi connectivity index (χ0n) is 23.1. The van der Waals surface area contributed by atoms with Crippen molar-refractivity contribution in [1.29, 1.82) is 0 Å². The molecule has 8 rings (SSSR count). The van der Waals surface area contributed by atoms with E-state index in [1.807, 2.05) is 30.3 Å². The summed E-state index contributed by atoms with van der Waals surface area (Å²) >= 11 is 6.54. The maximum atomic E-state index is 6.54. The molecule has 0 radical (unpaired) electrons. The van der Waals surface area contributed by atoms with Crippen LogP contribution >= 0.6 is 11.6 Å². The van der Waals surface area contributed by atoms with E-state index in [4.69, 9.17) is 16.6 Å². The molecule has 0 amide bonds. The first kappa shape index (κ1) is 25.3. The van der Waals surface area contributed by atoms with Gasteiger partial charge in [-0.3, -0.25) is 0 Å². The van der Waals surface area contributed by atoms with Crippen LogP contribution in [0.2, 0.25) is 5.28 Å². The number of aromatic nitrogens is 3. The number of halogens is 1. The Bertz CT molecular complexity index is 2310. The average Bonchev–Trinajstić information content (AvgIpc) is 3.07. The van der Waals surface area contributed by atoms with Crippen LogP contribution in [-0.4, -0.2) is 15.0 Å². The zero-order valence-corrected chi connectivity index (χ0v) is 23.8. The molecule has 0 fully saturated rings. The summed E-state index contributed by atoms with van der Waals surface area (Å²) in [5, 5.41) is 7.39. The number of benzene rings is 7. The van der Waals surface area contributed by atoms with Gasteiger partial charge in [0.05, 0.1) is 0 Å². The van der Waals surface area contributed by atoms with Crippen molar-refractivity contribution >= 4 is 43.9 Å². The lowest BCUT2D eigenvalue weighted by molar-refractivity contribution is 1.07. The monoisotopic (exact) mass is 569 g/mol. The highest BCUT2D eigenvalue weighted by Gasteiger charge is 2.18. The fourth-order valence-corrected chi connectivity index (χ4v) is 6.23. The molecule has 202 valence electrons. The van der Waals surface area contributed by atoms with Crippen LogP contribution in [0.4, 0.5) is 0 Å². The van der Waals surface area contributed by atoms with Crippen LogP contribution in [-0.2, 0) is 0 Å². The number of fused-ring (bicyclic) bond motifs is 4. The Kier molecular flexibility index (Phi) is 6.17. The molecular weight excluding hydrogens is 546 g/mol. The van der Waals surface area contributed by atoms with Gasteiger partial charge in [-0.25, -0.2) is 4.98 Å². The third-order valence-corrected chi connectivity index (χ3v) is 8.25. The van der Waals surface area contributed by atoms with Gasteiger partial charge < -0.3 is 0 Å². The van der Waals surface area contributed by atoms with Crippen molar-refractivity contribution in [2.75, 3.05) is 0 Å². The van der Waals surface area contributed by atoms with E-state index in [9.17, 15) is 0 Å². The molecule has 0 saturated carbocycles. The van der Waals surface area contributed by atoms with E-state index < -0.39 is 0 Å². The third-order valence-electron chi connectivity index (χ3n) is 8.08. The van der Waals surface area contributed by atoms with Crippen molar-refractivity contribution in [3.8, 4) is 45.0 Å². The molecule has 7 aromatic carbocycles. The molecule has 0 aliphatic rings. The van der Waals surface area contributed by atoms with Crippen LogP contribution < -0.4 is 0 Å². The Morgan fingerprint density at radius 1 is 0.349 bits per heavy atom. The molecule has 8 aromatic rings. The highest BCUT2D eigenvalue weighted by molar-refractivity contribution is 6.28. The van der Waals surface area contributed by atoms with Crippen molar-refractivity contribution in [1.82, 2.24) is 15.0 Å². The summed E-state index contributed by atoms with van der Waals surface area (Å²) in [7, 11) is 0. The first-order valence-corrected chi connectivity index (χ1v) is 14.6. The van der Waals surface area contributed by atoms with E-state index in [0.29, 0.717) is 11.6 Å². The van der Waals surface area contributed by atoms with Gasteiger partial charge in [-0.1, -0.05) is 133 Å². The largest absolute Gasteiger partial charge is 0.226 e. The SMILES string of the molecule is Clc1nc(-c2ccccc2)nc(-c2ccc(-c3cccc4ccccc34)cc2-c2cccc3c2ccc2ccccc23)n1. The zero-order chi connectivity index (χ0) is 28.8. The second kappa shape index (κ2) is 10.5. The lowest BCUT2D eigenvalue weighted by atomic mass is 9.89. The van der Waals surface area contributed by atoms with E-state index in [1.54, 1.807) is 0 Å². The Labute approximate surface area is 254 Å². The Balaban J connectivity index is 1.42. The summed E-state index contributed by atoms with van der Waals surface area (Å²) in [6.07, 6.45) is 0. The third kappa shape index (κ3) is 4.51. The molecule has 0 unspecified atom stereocenters. The maximum Gasteiger partial charge on any atom is 0.226 e. The number of hydrogen-bond acceptors (Lipinski definition) is 3. The Hall–Kier alpha value is -5.38. The molecule has 1 heterocycles. The van der Waals surface area contributed by atoms with Crippen molar-refractivity contribution in [3.05, 3.63) is 151 Å². The van der Waals surface area contributed by atoms with Crippen LogP contribution in [0.5, 0.6) is 0 Å². The lowest BCUT2D eigenvalue weighted by Crippen LogP contribution is -1.99. The van der Waals surface area contributed by atoms with Crippen molar-refractivity contribution in [2.45, 2.75) is 0 Å². The first-order valence-electron chi connectivity index (χ1n) is 14.2. The molecule has 0 atom stereocenters. The summed E-state index contributed by atoms with van der Waals surface area (Å²) in [4.78, 5) is 14.0. The standard InChI is InChI=1S/C39H24ClN3/c40-39-42-37(27-12-2-1-3-13-27)41-38(43-39)35-23-21-28(31-17-8-14-25-10-4-6-15-29(25)31)24-36(35)33-19-9-18-32-30-16-7-5-11-26(30)20-22-34(32)33/h1-24H. The summed E-state index contributed by atoms with van der Waals surface area (Å²) in [5.41, 5.74) is 6.22. The lowest BCUT2D eigenvalue weighted by Gasteiger charge is -2.16. The highest BCUT2D eigenvalue weighted by Crippen LogP contribution is 2.41. The van der Waals surface area contributed by atoms with Gasteiger partial charge in [0.2, 0.25) is 5.28 Å². The smallest absolute Gasteiger partial charge is 0.208 e. The van der Waals surface area contributed by atoms with Crippen LogP contribution in [0.1, 0.15) is 0 Å². The number of rotatable bonds is 4. The molecule has 3 nitrogen and oxygen atoms in total. The van der Waals surface area contributed by atoms with Gasteiger partial charge in [0.15, 0.2) is 11.6 Å². The van der Waals surface area contributed by atoms with Gasteiger partial charge in [-0.2, -0.15) is 9.97 Å². The molecule has 1 aromatic heterocycles. The predicted molar refractivity (Wildman–Crippen MR) is 179 cm³/mol. The van der Waals surface area contributed by atoms with Gasteiger partial charge in [0, 0.05) is 11.1 Å². The van der Waals surface area contributed by atoms with Crippen molar-refractivity contribution in [2.24, 2.45) is 0 Å². The van der Waals surface area contributed by atoms with E-state index in [0.717, 1.165) is 27.8 Å². The molecule has 0 aliphatic heterocycles. The fraction of sp³-hybridized carbons (Fsp3) is 0. The summed E-state index contributed by atoms with van der Waals surface area (Å²) < 4.78 is 0. The Morgan fingerprint density at radius 3 is 1.86 bits per heavy atom. The van der Waals surface area contributed by atoms with Crippen molar-refractivity contribution in [3.63, 3.8) is 0 Å². The minimum absolute atomic E-state index is 0.164. The van der Waals surface area contributed by atoms with Gasteiger partial charge >= 0.3 is 0 Å². The van der Waals surface area contributed by atoms with E-state index >= 15 is 0 Å². The first-order chi connectivity index (χ1) is 21.2. The molecular formula is C39H24ClN3. The van der Waals surface area contributed by atoms with Gasteiger partial charge in [-0.05, 0) is 78.3 Å². The average molecular weight is 570 g/mol. The van der Waals surface area contributed by atoms with Crippen LogP contribution in [0.15, 0.2) is 146 Å². The highest BCUT2D eigenvalue weighted by atomic mass is 35.5. The number of nitrogens with zero attached hydrogens (tertiary/aromatic N) is 3. The molecule has 4 heteroatoms. The molecule has 0 aliphatic carbocycles. The van der Waals surface area contributed by atoms with E-state index in [-0.39, 0.29) is 5.28 Å². The normalized spacial score (nSPS) is 11.4. The van der Waals surface area contributed by atoms with Crippen molar-refractivity contribution < 1.29 is 0 Å². The van der Waals surface area contributed by atoms with Crippen LogP contribution in [0.25, 0.3) is 77.3 Å². The van der Waals surface area contributed by atoms with Gasteiger partial charge in [0.1, 0.15) is 0 Å². The van der Waals surface area contributed by atoms with E-state index in [2.05, 4.69) is 125 Å². The fourth-order valence-electron chi connectivity index (χ4n) is 6.07. The van der Waals surface area contributed by atoms with Crippen LogP contribution in [0.3, 0.4) is 0 Å². The predicted octanol–water partition coefficient (Wildman–Crippen LogP) is 10.7. The topological polar surface area (TPSA) is 38.7 Å². The maximum absolute atomic E-state index is 6.54. The second-order valence-corrected chi connectivity index (χ2v) is 10.9. The molecule has 0 N–H and O–H groups in total. The number of hydrogen-bond donors (Lipinski definition) is 0. The second-order valence-electron chi connectivity index (χ2n) is 10.6. The molecule has 0 saturated heterocycles.